The van der Waals surface area contributed by atoms with Crippen LogP contribution in [0.25, 0.3) is 0 Å². The summed E-state index contributed by atoms with van der Waals surface area (Å²) in [6.45, 7) is 5.85. The largest absolute Gasteiger partial charge is 0.490 e. The number of rotatable bonds is 8. The molecule has 0 unspecified atom stereocenters. The number of hydrogen-bond donors (Lipinski definition) is 1. The predicted molar refractivity (Wildman–Crippen MR) is 110 cm³/mol. The van der Waals surface area contributed by atoms with Crippen LogP contribution in [0.4, 0.5) is 0 Å². The van der Waals surface area contributed by atoms with Crippen molar-refractivity contribution in [2.45, 2.75) is 26.8 Å². The number of primary amides is 1. The number of aliphatic imine (C=N–C) groups is 1. The molecule has 154 valence electrons. The highest BCUT2D eigenvalue weighted by atomic mass is 32.2. The van der Waals surface area contributed by atoms with Crippen LogP contribution in [0, 0.1) is 0 Å². The van der Waals surface area contributed by atoms with E-state index in [0.29, 0.717) is 29.4 Å². The van der Waals surface area contributed by atoms with Crippen molar-refractivity contribution in [3.05, 3.63) is 46.6 Å². The van der Waals surface area contributed by atoms with E-state index >= 15 is 0 Å². The molecule has 9 heteroatoms. The Hall–Kier alpha value is -2.94. The number of amides is 1. The molecule has 2 N–H and O–H groups in total. The summed E-state index contributed by atoms with van der Waals surface area (Å²) in [5, 5.41) is 2.70. The minimum absolute atomic E-state index is 0.252. The second-order valence-electron chi connectivity index (χ2n) is 6.22. The van der Waals surface area contributed by atoms with Crippen molar-refractivity contribution in [3.8, 4) is 11.5 Å². The van der Waals surface area contributed by atoms with E-state index in [-0.39, 0.29) is 13.2 Å². The van der Waals surface area contributed by atoms with E-state index in [0.717, 1.165) is 10.7 Å². The zero-order valence-corrected chi connectivity index (χ0v) is 17.3. The van der Waals surface area contributed by atoms with Crippen LogP contribution in [0.2, 0.25) is 0 Å². The highest BCUT2D eigenvalue weighted by Crippen LogP contribution is 2.43. The molecule has 2 aliphatic heterocycles. The molecule has 0 bridgehead atoms. The number of ether oxygens (including phenoxy) is 3. The summed E-state index contributed by atoms with van der Waals surface area (Å²) in [7, 11) is 0. The summed E-state index contributed by atoms with van der Waals surface area (Å²) < 4.78 is 16.4. The number of hydrogen-bond acceptors (Lipinski definition) is 8. The monoisotopic (exact) mass is 417 g/mol. The van der Waals surface area contributed by atoms with Crippen molar-refractivity contribution >= 4 is 28.8 Å². The van der Waals surface area contributed by atoms with Gasteiger partial charge in [-0.05, 0) is 43.9 Å². The van der Waals surface area contributed by atoms with Gasteiger partial charge in [-0.3, -0.25) is 4.79 Å². The molecule has 0 radical (unpaired) electrons. The predicted octanol–water partition coefficient (Wildman–Crippen LogP) is 2.72. The third-order valence-corrected chi connectivity index (χ3v) is 5.04. The Morgan fingerprint density at radius 3 is 2.69 bits per heavy atom. The molecule has 1 aromatic rings. The molecule has 0 aliphatic carbocycles. The average molecular weight is 417 g/mol. The molecule has 0 saturated carbocycles. The van der Waals surface area contributed by atoms with E-state index in [4.69, 9.17) is 19.9 Å². The summed E-state index contributed by atoms with van der Waals surface area (Å²) >= 11 is 1.49. The van der Waals surface area contributed by atoms with E-state index in [9.17, 15) is 9.59 Å². The molecule has 2 aliphatic rings. The van der Waals surface area contributed by atoms with Gasteiger partial charge in [-0.1, -0.05) is 17.8 Å². The van der Waals surface area contributed by atoms with Crippen molar-refractivity contribution in [1.82, 2.24) is 4.90 Å². The van der Waals surface area contributed by atoms with Gasteiger partial charge >= 0.3 is 5.97 Å². The second kappa shape index (κ2) is 9.04. The van der Waals surface area contributed by atoms with Gasteiger partial charge in [0.2, 0.25) is 0 Å². The van der Waals surface area contributed by atoms with Crippen LogP contribution < -0.4 is 15.2 Å². The van der Waals surface area contributed by atoms with Gasteiger partial charge in [-0.15, -0.1) is 0 Å². The zero-order valence-electron chi connectivity index (χ0n) is 16.5. The van der Waals surface area contributed by atoms with Crippen LogP contribution in [0.1, 0.15) is 32.4 Å². The highest BCUT2D eigenvalue weighted by molar-refractivity contribution is 8.16. The molecule has 3 rings (SSSR count). The number of esters is 1. The van der Waals surface area contributed by atoms with E-state index in [1.54, 1.807) is 26.0 Å². The normalized spacial score (nSPS) is 17.7. The molecular weight excluding hydrogens is 394 g/mol. The first-order valence-corrected chi connectivity index (χ1v) is 10.1. The molecule has 0 spiro atoms. The number of nitrogens with two attached hydrogens (primary N) is 1. The van der Waals surface area contributed by atoms with Crippen molar-refractivity contribution < 1.29 is 23.8 Å². The molecule has 0 fully saturated rings. The molecular formula is C20H23N3O5S. The molecule has 1 amide bonds. The molecule has 8 nitrogen and oxygen atoms in total. The fourth-order valence-corrected chi connectivity index (χ4v) is 3.92. The van der Waals surface area contributed by atoms with Gasteiger partial charge in [-0.2, -0.15) is 0 Å². The first-order chi connectivity index (χ1) is 14.0. The molecule has 0 aromatic heterocycles. The van der Waals surface area contributed by atoms with E-state index in [1.165, 1.54) is 11.8 Å². The number of carbonyl (C=O) groups is 2. The van der Waals surface area contributed by atoms with Gasteiger partial charge in [0.1, 0.15) is 0 Å². The van der Waals surface area contributed by atoms with Gasteiger partial charge in [-0.25, -0.2) is 9.79 Å². The van der Waals surface area contributed by atoms with Crippen molar-refractivity contribution in [2.75, 3.05) is 19.8 Å². The lowest BCUT2D eigenvalue weighted by molar-refractivity contribution is -0.139. The summed E-state index contributed by atoms with van der Waals surface area (Å²) in [5.41, 5.74) is 7.06. The maximum atomic E-state index is 12.7. The van der Waals surface area contributed by atoms with Crippen molar-refractivity contribution in [2.24, 2.45) is 10.7 Å². The zero-order chi connectivity index (χ0) is 21.0. The Bertz CT molecular complexity index is 909. The summed E-state index contributed by atoms with van der Waals surface area (Å²) in [6, 6.07) is 4.92. The minimum Gasteiger partial charge on any atom is -0.490 e. The maximum Gasteiger partial charge on any atom is 0.338 e. The molecule has 1 atom stereocenters. The topological polar surface area (TPSA) is 103 Å². The molecule has 1 aromatic carbocycles. The summed E-state index contributed by atoms with van der Waals surface area (Å²) in [5.74, 6) is -0.113. The minimum atomic E-state index is -0.577. The number of carbonyl (C=O) groups excluding carboxylic acids is 2. The Morgan fingerprint density at radius 1 is 1.21 bits per heavy atom. The quantitative estimate of drug-likeness (QED) is 0.649. The van der Waals surface area contributed by atoms with Crippen LogP contribution >= 0.6 is 11.8 Å². The third-order valence-electron chi connectivity index (χ3n) is 4.27. The van der Waals surface area contributed by atoms with Gasteiger partial charge in [0.15, 0.2) is 23.3 Å². The summed E-state index contributed by atoms with van der Waals surface area (Å²) in [4.78, 5) is 30.3. The second-order valence-corrected chi connectivity index (χ2v) is 7.09. The Labute approximate surface area is 173 Å². The van der Waals surface area contributed by atoms with Crippen LogP contribution in [0.15, 0.2) is 46.1 Å². The highest BCUT2D eigenvalue weighted by Gasteiger charge is 2.37. The van der Waals surface area contributed by atoms with Crippen LogP contribution in [0.3, 0.4) is 0 Å². The summed E-state index contributed by atoms with van der Waals surface area (Å²) in [6.07, 6.45) is 1.89. The van der Waals surface area contributed by atoms with E-state index in [1.807, 2.05) is 29.5 Å². The lowest BCUT2D eigenvalue weighted by Gasteiger charge is -2.33. The Morgan fingerprint density at radius 2 is 2.00 bits per heavy atom. The SMILES string of the molecule is CCOC(=O)C1=C(C)N=C2SC=CN2[C@@H]1c1ccc(OCC(N)=O)c(OCC)c1. The van der Waals surface area contributed by atoms with Crippen molar-refractivity contribution in [1.29, 1.82) is 0 Å². The average Bonchev–Trinajstić information content (AvgIpc) is 3.14. The molecule has 2 heterocycles. The number of allylic oxidation sites excluding steroid dienone is 1. The van der Waals surface area contributed by atoms with Gasteiger partial charge in [0, 0.05) is 6.20 Å². The van der Waals surface area contributed by atoms with Crippen molar-refractivity contribution in [3.63, 3.8) is 0 Å². The number of benzene rings is 1. The molecule has 0 saturated heterocycles. The van der Waals surface area contributed by atoms with Crippen LogP contribution in [0.5, 0.6) is 11.5 Å². The van der Waals surface area contributed by atoms with Crippen LogP contribution in [-0.4, -0.2) is 41.8 Å². The first kappa shape index (κ1) is 20.8. The number of thioether (sulfide) groups is 1. The fraction of sp³-hybridized carbons (Fsp3) is 0.350. The number of fused-ring (bicyclic) bond motifs is 1. The standard InChI is InChI=1S/C20H23N3O5S/c1-4-26-15-10-13(6-7-14(15)28-11-16(21)24)18-17(19(25)27-5-2)12(3)22-20-23(18)8-9-29-20/h6-10,18H,4-5,11H2,1-3H3,(H2,21,24)/t18-/m1/s1. The van der Waals surface area contributed by atoms with Gasteiger partial charge in [0.25, 0.3) is 5.91 Å². The van der Waals surface area contributed by atoms with E-state index < -0.39 is 17.9 Å². The smallest absolute Gasteiger partial charge is 0.338 e. The van der Waals surface area contributed by atoms with Crippen LogP contribution in [-0.2, 0) is 14.3 Å². The van der Waals surface area contributed by atoms with E-state index in [2.05, 4.69) is 4.99 Å². The maximum absolute atomic E-state index is 12.7. The fourth-order valence-electron chi connectivity index (χ4n) is 3.13. The lowest BCUT2D eigenvalue weighted by atomic mass is 9.94. The lowest BCUT2D eigenvalue weighted by Crippen LogP contribution is -2.34. The van der Waals surface area contributed by atoms with Gasteiger partial charge < -0.3 is 24.8 Å². The first-order valence-electron chi connectivity index (χ1n) is 9.22. The number of nitrogens with zero attached hydrogens (tertiary/aromatic N) is 2. The number of amidine groups is 1. The third kappa shape index (κ3) is 4.40. The van der Waals surface area contributed by atoms with Gasteiger partial charge in [0.05, 0.1) is 30.5 Å². The molecule has 29 heavy (non-hydrogen) atoms. The Kier molecular flexibility index (Phi) is 6.48. The Balaban J connectivity index is 2.04.